The SMILES string of the molecule is Cc1ccsc1S(=O)(=O)N=S(C)(=O)N1CCOCC1. The number of hydrogen-bond acceptors (Lipinski definition) is 5. The molecule has 0 aromatic carbocycles. The second-order valence-electron chi connectivity index (χ2n) is 4.24. The Balaban J connectivity index is 2.39. The summed E-state index contributed by atoms with van der Waals surface area (Å²) < 4.78 is 47.4. The maximum atomic E-state index is 12.5. The van der Waals surface area contributed by atoms with Crippen LogP contribution in [0.4, 0.5) is 0 Å². The van der Waals surface area contributed by atoms with E-state index >= 15 is 0 Å². The van der Waals surface area contributed by atoms with Crippen molar-refractivity contribution in [2.24, 2.45) is 3.77 Å². The van der Waals surface area contributed by atoms with E-state index in [1.807, 2.05) is 0 Å². The molecule has 9 heteroatoms. The lowest BCUT2D eigenvalue weighted by Crippen LogP contribution is -2.40. The fourth-order valence-corrected chi connectivity index (χ4v) is 6.75. The lowest BCUT2D eigenvalue weighted by Gasteiger charge is -2.26. The smallest absolute Gasteiger partial charge is 0.300 e. The van der Waals surface area contributed by atoms with Gasteiger partial charge >= 0.3 is 10.0 Å². The summed E-state index contributed by atoms with van der Waals surface area (Å²) in [6.45, 7) is 3.44. The first kappa shape index (κ1) is 14.9. The third-order valence-electron chi connectivity index (χ3n) is 2.73. The van der Waals surface area contributed by atoms with Gasteiger partial charge in [0.15, 0.2) is 0 Å². The highest BCUT2D eigenvalue weighted by atomic mass is 32.3. The van der Waals surface area contributed by atoms with Gasteiger partial charge in [-0.1, -0.05) is 3.77 Å². The Morgan fingerprint density at radius 2 is 1.95 bits per heavy atom. The molecule has 1 aliphatic rings. The van der Waals surface area contributed by atoms with E-state index in [0.717, 1.165) is 11.3 Å². The molecule has 19 heavy (non-hydrogen) atoms. The highest BCUT2D eigenvalue weighted by Crippen LogP contribution is 2.25. The van der Waals surface area contributed by atoms with E-state index in [9.17, 15) is 12.6 Å². The van der Waals surface area contributed by atoms with Crippen LogP contribution in [0.25, 0.3) is 0 Å². The van der Waals surface area contributed by atoms with Crippen molar-refractivity contribution in [1.29, 1.82) is 0 Å². The fraction of sp³-hybridized carbons (Fsp3) is 0.600. The number of sulfonamides is 1. The molecule has 1 aromatic heterocycles. The summed E-state index contributed by atoms with van der Waals surface area (Å²) in [5.41, 5.74) is 0.630. The number of hydrogen-bond donors (Lipinski definition) is 0. The first-order valence-corrected chi connectivity index (χ1v) is 9.88. The molecule has 108 valence electrons. The first-order valence-electron chi connectivity index (χ1n) is 5.68. The van der Waals surface area contributed by atoms with Crippen molar-refractivity contribution < 1.29 is 17.4 Å². The number of aryl methyl sites for hydroxylation is 1. The van der Waals surface area contributed by atoms with Gasteiger partial charge in [-0.3, -0.25) is 0 Å². The molecule has 0 N–H and O–H groups in total. The number of thiophene rings is 1. The lowest BCUT2D eigenvalue weighted by atomic mass is 10.4. The molecule has 0 aliphatic carbocycles. The molecular formula is C10H16N2O4S3. The van der Waals surface area contributed by atoms with Gasteiger partial charge in [-0.2, -0.15) is 8.42 Å². The molecule has 1 aliphatic heterocycles. The summed E-state index contributed by atoms with van der Waals surface area (Å²) in [6, 6.07) is 1.71. The highest BCUT2D eigenvalue weighted by molar-refractivity contribution is 8.02. The van der Waals surface area contributed by atoms with Crippen LogP contribution in [0.3, 0.4) is 0 Å². The van der Waals surface area contributed by atoms with Crippen molar-refractivity contribution in [3.05, 3.63) is 17.0 Å². The Kier molecular flexibility index (Phi) is 4.31. The minimum atomic E-state index is -3.87. The number of ether oxygens (including phenoxy) is 1. The van der Waals surface area contributed by atoms with Crippen molar-refractivity contribution >= 4 is 31.3 Å². The second kappa shape index (κ2) is 5.49. The van der Waals surface area contributed by atoms with Crippen LogP contribution >= 0.6 is 11.3 Å². The largest absolute Gasteiger partial charge is 0.379 e. The van der Waals surface area contributed by atoms with E-state index in [1.165, 1.54) is 6.26 Å². The van der Waals surface area contributed by atoms with Gasteiger partial charge in [0.1, 0.15) is 14.1 Å². The summed E-state index contributed by atoms with van der Waals surface area (Å²) in [4.78, 5) is 0. The van der Waals surface area contributed by atoms with E-state index in [2.05, 4.69) is 3.77 Å². The van der Waals surface area contributed by atoms with Crippen molar-refractivity contribution in [3.63, 3.8) is 0 Å². The van der Waals surface area contributed by atoms with Crippen LogP contribution in [0.2, 0.25) is 0 Å². The van der Waals surface area contributed by atoms with E-state index in [4.69, 9.17) is 4.74 Å². The summed E-state index contributed by atoms with van der Waals surface area (Å²) in [5, 5.41) is 1.68. The van der Waals surface area contributed by atoms with Gasteiger partial charge < -0.3 is 4.74 Å². The standard InChI is InChI=1S/C10H16N2O4S3/c1-9-3-8-17-10(9)19(14,15)11-18(2,13)12-4-6-16-7-5-12/h3,8H,4-7H2,1-2H3. The zero-order chi connectivity index (χ0) is 14.1. The van der Waals surface area contributed by atoms with E-state index in [1.54, 1.807) is 22.7 Å². The van der Waals surface area contributed by atoms with Crippen molar-refractivity contribution in [3.8, 4) is 0 Å². The molecule has 0 spiro atoms. The second-order valence-corrected chi connectivity index (χ2v) is 9.42. The summed E-state index contributed by atoms with van der Waals surface area (Å²) in [7, 11) is -6.81. The molecule has 0 amide bonds. The quantitative estimate of drug-likeness (QED) is 0.834. The normalized spacial score (nSPS) is 20.9. The van der Waals surface area contributed by atoms with Crippen molar-refractivity contribution in [2.75, 3.05) is 32.6 Å². The first-order chi connectivity index (χ1) is 8.83. The van der Waals surface area contributed by atoms with Crippen LogP contribution in [0.15, 0.2) is 19.4 Å². The van der Waals surface area contributed by atoms with Crippen molar-refractivity contribution in [1.82, 2.24) is 4.31 Å². The molecule has 0 saturated carbocycles. The van der Waals surface area contributed by atoms with Gasteiger partial charge in [-0.05, 0) is 23.9 Å². The maximum Gasteiger partial charge on any atom is 0.300 e. The van der Waals surface area contributed by atoms with Gasteiger partial charge in [0.05, 0.1) is 13.2 Å². The fourth-order valence-electron chi connectivity index (χ4n) is 1.77. The molecule has 1 fully saturated rings. The third-order valence-corrected chi connectivity index (χ3v) is 8.47. The molecule has 1 saturated heterocycles. The highest BCUT2D eigenvalue weighted by Gasteiger charge is 2.24. The van der Waals surface area contributed by atoms with Crippen molar-refractivity contribution in [2.45, 2.75) is 11.1 Å². The molecule has 1 unspecified atom stereocenters. The molecule has 1 aromatic rings. The predicted molar refractivity (Wildman–Crippen MR) is 75.1 cm³/mol. The molecular weight excluding hydrogens is 308 g/mol. The van der Waals surface area contributed by atoms with Crippen LogP contribution < -0.4 is 0 Å². The molecule has 0 bridgehead atoms. The van der Waals surface area contributed by atoms with E-state index in [0.29, 0.717) is 31.9 Å². The van der Waals surface area contributed by atoms with Crippen LogP contribution in [-0.2, 0) is 24.7 Å². The zero-order valence-corrected chi connectivity index (χ0v) is 13.2. The van der Waals surface area contributed by atoms with Crippen LogP contribution in [0, 0.1) is 6.92 Å². The zero-order valence-electron chi connectivity index (χ0n) is 10.7. The minimum absolute atomic E-state index is 0.162. The van der Waals surface area contributed by atoms with Gasteiger partial charge in [-0.25, -0.2) is 8.51 Å². The van der Waals surface area contributed by atoms with Crippen LogP contribution in [0.1, 0.15) is 5.56 Å². The molecule has 2 heterocycles. The third kappa shape index (κ3) is 3.34. The van der Waals surface area contributed by atoms with Gasteiger partial charge in [0.2, 0.25) is 0 Å². The van der Waals surface area contributed by atoms with Gasteiger partial charge in [0.25, 0.3) is 0 Å². The summed E-state index contributed by atoms with van der Waals surface area (Å²) in [5.74, 6) is 0. The topological polar surface area (TPSA) is 76.0 Å². The number of morpholine rings is 1. The summed E-state index contributed by atoms with van der Waals surface area (Å²) in [6.07, 6.45) is 1.36. The average molecular weight is 324 g/mol. The predicted octanol–water partition coefficient (Wildman–Crippen LogP) is 1.09. The Morgan fingerprint density at radius 1 is 1.32 bits per heavy atom. The molecule has 1 atom stereocenters. The monoisotopic (exact) mass is 324 g/mol. The lowest BCUT2D eigenvalue weighted by molar-refractivity contribution is 0.0748. The Morgan fingerprint density at radius 3 is 2.47 bits per heavy atom. The molecule has 6 nitrogen and oxygen atoms in total. The van der Waals surface area contributed by atoms with Gasteiger partial charge in [-0.15, -0.1) is 11.3 Å². The van der Waals surface area contributed by atoms with Crippen LogP contribution in [0.5, 0.6) is 0 Å². The number of rotatable bonds is 3. The van der Waals surface area contributed by atoms with E-state index in [-0.39, 0.29) is 4.21 Å². The molecule has 2 rings (SSSR count). The summed E-state index contributed by atoms with van der Waals surface area (Å²) >= 11 is 1.09. The number of nitrogens with zero attached hydrogens (tertiary/aromatic N) is 2. The van der Waals surface area contributed by atoms with Crippen LogP contribution in [-0.4, -0.2) is 49.5 Å². The molecule has 0 radical (unpaired) electrons. The average Bonchev–Trinajstić information content (AvgIpc) is 2.76. The Bertz CT molecular complexity index is 665. The Hall–Kier alpha value is -0.480. The Labute approximate surface area is 117 Å². The minimum Gasteiger partial charge on any atom is -0.379 e. The van der Waals surface area contributed by atoms with E-state index < -0.39 is 19.9 Å². The maximum absolute atomic E-state index is 12.5. The van der Waals surface area contributed by atoms with Gasteiger partial charge in [0, 0.05) is 19.3 Å².